The maximum Gasteiger partial charge on any atom is 0.270 e. The maximum absolute atomic E-state index is 12.9. The molecule has 0 aliphatic carbocycles. The molecular formula is C17H15BrN2O4S. The van der Waals surface area contributed by atoms with Gasteiger partial charge in [-0.3, -0.25) is 14.9 Å². The van der Waals surface area contributed by atoms with Gasteiger partial charge >= 0.3 is 0 Å². The second-order valence-electron chi connectivity index (χ2n) is 5.42. The van der Waals surface area contributed by atoms with E-state index in [1.807, 2.05) is 18.2 Å². The molecule has 3 rings (SSSR count). The SMILES string of the molecule is COc1ccc([C@@H]2SCCN2C(=O)c2cccc([N+](=O)[O-])c2)cc1Br. The van der Waals surface area contributed by atoms with Crippen LogP contribution in [0.25, 0.3) is 0 Å². The number of carbonyl (C=O) groups is 1. The first-order chi connectivity index (χ1) is 12.0. The van der Waals surface area contributed by atoms with Gasteiger partial charge in [-0.15, -0.1) is 11.8 Å². The summed E-state index contributed by atoms with van der Waals surface area (Å²) in [5.41, 5.74) is 1.23. The van der Waals surface area contributed by atoms with Gasteiger partial charge in [-0.25, -0.2) is 0 Å². The Morgan fingerprint density at radius 1 is 1.36 bits per heavy atom. The lowest BCUT2D eigenvalue weighted by atomic mass is 10.1. The second kappa shape index (κ2) is 7.45. The predicted octanol–water partition coefficient (Wildman–Crippen LogP) is 4.25. The first-order valence-electron chi connectivity index (χ1n) is 7.51. The number of nitro benzene ring substituents is 1. The topological polar surface area (TPSA) is 72.7 Å². The van der Waals surface area contributed by atoms with E-state index < -0.39 is 4.92 Å². The van der Waals surface area contributed by atoms with Crippen molar-refractivity contribution in [2.75, 3.05) is 19.4 Å². The van der Waals surface area contributed by atoms with E-state index in [4.69, 9.17) is 4.74 Å². The molecule has 1 amide bonds. The van der Waals surface area contributed by atoms with Gasteiger partial charge in [-0.2, -0.15) is 0 Å². The van der Waals surface area contributed by atoms with Gasteiger partial charge in [0, 0.05) is 30.0 Å². The van der Waals surface area contributed by atoms with Crippen molar-refractivity contribution >= 4 is 39.3 Å². The summed E-state index contributed by atoms with van der Waals surface area (Å²) >= 11 is 5.14. The highest BCUT2D eigenvalue weighted by Crippen LogP contribution is 2.41. The summed E-state index contributed by atoms with van der Waals surface area (Å²) in [6.07, 6.45) is 0. The average molecular weight is 423 g/mol. The quantitative estimate of drug-likeness (QED) is 0.543. The van der Waals surface area contributed by atoms with E-state index in [0.717, 1.165) is 21.5 Å². The molecule has 130 valence electrons. The normalized spacial score (nSPS) is 16.7. The van der Waals surface area contributed by atoms with E-state index in [2.05, 4.69) is 15.9 Å². The molecule has 0 N–H and O–H groups in total. The number of rotatable bonds is 4. The minimum Gasteiger partial charge on any atom is -0.496 e. The molecular weight excluding hydrogens is 408 g/mol. The van der Waals surface area contributed by atoms with Crippen LogP contribution in [0, 0.1) is 10.1 Å². The number of amides is 1. The third-order valence-electron chi connectivity index (χ3n) is 3.92. The fourth-order valence-electron chi connectivity index (χ4n) is 2.71. The highest BCUT2D eigenvalue weighted by molar-refractivity contribution is 9.10. The molecule has 1 heterocycles. The molecule has 1 aliphatic rings. The Hall–Kier alpha value is -2.06. The number of methoxy groups -OCH3 is 1. The number of benzene rings is 2. The average Bonchev–Trinajstić information content (AvgIpc) is 3.10. The Balaban J connectivity index is 1.88. The smallest absolute Gasteiger partial charge is 0.270 e. The first kappa shape index (κ1) is 17.8. The largest absolute Gasteiger partial charge is 0.496 e. The number of non-ortho nitro benzene ring substituents is 1. The second-order valence-corrected chi connectivity index (χ2v) is 7.47. The summed E-state index contributed by atoms with van der Waals surface area (Å²) < 4.78 is 6.07. The van der Waals surface area contributed by atoms with E-state index in [-0.39, 0.29) is 17.0 Å². The molecule has 25 heavy (non-hydrogen) atoms. The highest BCUT2D eigenvalue weighted by atomic mass is 79.9. The van der Waals surface area contributed by atoms with E-state index in [1.54, 1.807) is 29.8 Å². The zero-order chi connectivity index (χ0) is 18.0. The molecule has 2 aromatic carbocycles. The van der Waals surface area contributed by atoms with Gasteiger partial charge in [0.2, 0.25) is 0 Å². The van der Waals surface area contributed by atoms with Crippen molar-refractivity contribution in [2.24, 2.45) is 0 Å². The van der Waals surface area contributed by atoms with Gasteiger partial charge in [0.25, 0.3) is 11.6 Å². The van der Waals surface area contributed by atoms with Crippen molar-refractivity contribution in [2.45, 2.75) is 5.37 Å². The molecule has 0 radical (unpaired) electrons. The van der Waals surface area contributed by atoms with Gasteiger partial charge in [-0.1, -0.05) is 12.1 Å². The lowest BCUT2D eigenvalue weighted by Crippen LogP contribution is -2.30. The fraction of sp³-hybridized carbons (Fsp3) is 0.235. The molecule has 0 saturated carbocycles. The summed E-state index contributed by atoms with van der Waals surface area (Å²) in [4.78, 5) is 25.1. The first-order valence-corrected chi connectivity index (χ1v) is 9.36. The van der Waals surface area contributed by atoms with Crippen molar-refractivity contribution in [1.82, 2.24) is 4.90 Å². The lowest BCUT2D eigenvalue weighted by molar-refractivity contribution is -0.384. The van der Waals surface area contributed by atoms with Crippen LogP contribution in [-0.4, -0.2) is 35.1 Å². The number of nitrogens with zero attached hydrogens (tertiary/aromatic N) is 2. The van der Waals surface area contributed by atoms with Gasteiger partial charge in [-0.05, 0) is 39.7 Å². The Kier molecular flexibility index (Phi) is 5.29. The van der Waals surface area contributed by atoms with E-state index in [0.29, 0.717) is 12.1 Å². The minimum absolute atomic E-state index is 0.0820. The van der Waals surface area contributed by atoms with E-state index in [9.17, 15) is 14.9 Å². The zero-order valence-electron chi connectivity index (χ0n) is 13.3. The Labute approximate surface area is 157 Å². The molecule has 8 heteroatoms. The van der Waals surface area contributed by atoms with E-state index in [1.165, 1.54) is 18.2 Å². The Morgan fingerprint density at radius 3 is 2.84 bits per heavy atom. The molecule has 0 aromatic heterocycles. The lowest BCUT2D eigenvalue weighted by Gasteiger charge is -2.24. The number of halogens is 1. The van der Waals surface area contributed by atoms with Crippen LogP contribution in [0.1, 0.15) is 21.3 Å². The van der Waals surface area contributed by atoms with Gasteiger partial charge in [0.05, 0.1) is 16.5 Å². The zero-order valence-corrected chi connectivity index (χ0v) is 15.7. The van der Waals surface area contributed by atoms with Gasteiger partial charge in [0.15, 0.2) is 0 Å². The number of nitro groups is 1. The summed E-state index contributed by atoms with van der Waals surface area (Å²) in [6.45, 7) is 0.598. The van der Waals surface area contributed by atoms with Crippen molar-refractivity contribution in [3.63, 3.8) is 0 Å². The number of hydrogen-bond donors (Lipinski definition) is 0. The summed E-state index contributed by atoms with van der Waals surface area (Å²) in [5.74, 6) is 1.34. The fourth-order valence-corrected chi connectivity index (χ4v) is 4.51. The van der Waals surface area contributed by atoms with Crippen LogP contribution in [0.2, 0.25) is 0 Å². The molecule has 0 unspecified atom stereocenters. The van der Waals surface area contributed by atoms with Gasteiger partial charge in [0.1, 0.15) is 11.1 Å². The molecule has 1 atom stereocenters. The molecule has 0 spiro atoms. The number of carbonyl (C=O) groups excluding carboxylic acids is 1. The van der Waals surface area contributed by atoms with Crippen LogP contribution < -0.4 is 4.74 Å². The number of thioether (sulfide) groups is 1. The minimum atomic E-state index is -0.492. The van der Waals surface area contributed by atoms with Crippen molar-refractivity contribution < 1.29 is 14.5 Å². The molecule has 6 nitrogen and oxygen atoms in total. The van der Waals surface area contributed by atoms with Crippen molar-refractivity contribution in [3.05, 3.63) is 68.2 Å². The predicted molar refractivity (Wildman–Crippen MR) is 100 cm³/mol. The summed E-state index contributed by atoms with van der Waals surface area (Å²) in [5, 5.41) is 10.8. The highest BCUT2D eigenvalue weighted by Gasteiger charge is 2.32. The Morgan fingerprint density at radius 2 is 2.16 bits per heavy atom. The van der Waals surface area contributed by atoms with Crippen LogP contribution in [0.5, 0.6) is 5.75 Å². The summed E-state index contributed by atoms with van der Waals surface area (Å²) in [7, 11) is 1.60. The number of ether oxygens (including phenoxy) is 1. The third-order valence-corrected chi connectivity index (χ3v) is 5.80. The van der Waals surface area contributed by atoms with Gasteiger partial charge < -0.3 is 9.64 Å². The molecule has 2 aromatic rings. The van der Waals surface area contributed by atoms with Crippen LogP contribution >= 0.6 is 27.7 Å². The Bertz CT molecular complexity index is 830. The maximum atomic E-state index is 12.9. The molecule has 1 saturated heterocycles. The molecule has 0 bridgehead atoms. The van der Waals surface area contributed by atoms with Crippen molar-refractivity contribution in [1.29, 1.82) is 0 Å². The standard InChI is InChI=1S/C17H15BrN2O4S/c1-24-15-6-5-12(10-14(15)18)17-19(7-8-25-17)16(21)11-3-2-4-13(9-11)20(22)23/h2-6,9-10,17H,7-8H2,1H3/t17-/m0/s1. The van der Waals surface area contributed by atoms with Crippen molar-refractivity contribution in [3.8, 4) is 5.75 Å². The van der Waals surface area contributed by atoms with Crippen LogP contribution in [0.3, 0.4) is 0 Å². The third kappa shape index (κ3) is 3.64. The number of hydrogen-bond acceptors (Lipinski definition) is 5. The molecule has 1 aliphatic heterocycles. The van der Waals surface area contributed by atoms with Crippen LogP contribution in [0.15, 0.2) is 46.9 Å². The summed E-state index contributed by atoms with van der Waals surface area (Å²) in [6, 6.07) is 11.6. The monoisotopic (exact) mass is 422 g/mol. The van der Waals surface area contributed by atoms with Crippen LogP contribution in [0.4, 0.5) is 5.69 Å². The van der Waals surface area contributed by atoms with Crippen LogP contribution in [-0.2, 0) is 0 Å². The van der Waals surface area contributed by atoms with E-state index >= 15 is 0 Å². The molecule has 1 fully saturated rings.